The van der Waals surface area contributed by atoms with Crippen LogP contribution in [0.4, 0.5) is 0 Å². The summed E-state index contributed by atoms with van der Waals surface area (Å²) < 4.78 is 4.31. The molecule has 2 atom stereocenters. The highest BCUT2D eigenvalue weighted by molar-refractivity contribution is 5.19. The lowest BCUT2D eigenvalue weighted by atomic mass is 10.1. The lowest BCUT2D eigenvalue weighted by Gasteiger charge is -2.13. The van der Waals surface area contributed by atoms with Gasteiger partial charge in [0.05, 0.1) is 12.2 Å². The number of hydrogen-bond donors (Lipinski definition) is 1. The van der Waals surface area contributed by atoms with E-state index in [1.807, 2.05) is 0 Å². The summed E-state index contributed by atoms with van der Waals surface area (Å²) in [5.74, 6) is 0.829. The minimum atomic E-state index is 0.475. The standard InChI is InChI=1S/C17H26N4/c1-4-13(2)21-10-8-16(19-21)12-20-9-7-15(11-20)17(18-3)14-5-6-14/h7-11,13-14,17-18H,4-6,12H2,1-3H3. The smallest absolute Gasteiger partial charge is 0.0821 e. The van der Waals surface area contributed by atoms with E-state index in [0.29, 0.717) is 12.1 Å². The van der Waals surface area contributed by atoms with Crippen LogP contribution in [0.1, 0.15) is 56.5 Å². The maximum absolute atomic E-state index is 4.68. The monoisotopic (exact) mass is 286 g/mol. The molecular weight excluding hydrogens is 260 g/mol. The van der Waals surface area contributed by atoms with Crippen LogP contribution in [0.3, 0.4) is 0 Å². The van der Waals surface area contributed by atoms with Crippen molar-refractivity contribution in [3.05, 3.63) is 42.0 Å². The van der Waals surface area contributed by atoms with Crippen molar-refractivity contribution in [2.45, 2.75) is 51.7 Å². The third kappa shape index (κ3) is 3.21. The number of nitrogens with one attached hydrogen (secondary N) is 1. The fourth-order valence-corrected chi connectivity index (χ4v) is 2.93. The van der Waals surface area contributed by atoms with Crippen LogP contribution >= 0.6 is 0 Å². The van der Waals surface area contributed by atoms with Gasteiger partial charge in [0, 0.05) is 30.7 Å². The van der Waals surface area contributed by atoms with Gasteiger partial charge in [-0.3, -0.25) is 4.68 Å². The molecule has 0 aromatic carbocycles. The van der Waals surface area contributed by atoms with E-state index in [9.17, 15) is 0 Å². The Hall–Kier alpha value is -1.55. The van der Waals surface area contributed by atoms with Crippen LogP contribution in [0.5, 0.6) is 0 Å². The van der Waals surface area contributed by atoms with Crippen LogP contribution in [0.25, 0.3) is 0 Å². The average molecular weight is 286 g/mol. The van der Waals surface area contributed by atoms with E-state index in [-0.39, 0.29) is 0 Å². The van der Waals surface area contributed by atoms with Crippen molar-refractivity contribution in [3.8, 4) is 0 Å². The molecule has 114 valence electrons. The van der Waals surface area contributed by atoms with E-state index in [2.05, 4.69) is 71.3 Å². The molecule has 1 aliphatic rings. The zero-order valence-corrected chi connectivity index (χ0v) is 13.3. The molecule has 0 aliphatic heterocycles. The van der Waals surface area contributed by atoms with Crippen molar-refractivity contribution >= 4 is 0 Å². The lowest BCUT2D eigenvalue weighted by Crippen LogP contribution is -2.17. The van der Waals surface area contributed by atoms with Crippen LogP contribution in [0, 0.1) is 5.92 Å². The Kier molecular flexibility index (Phi) is 4.15. The van der Waals surface area contributed by atoms with Gasteiger partial charge in [-0.2, -0.15) is 5.10 Å². The largest absolute Gasteiger partial charge is 0.348 e. The molecule has 1 fully saturated rings. The van der Waals surface area contributed by atoms with Gasteiger partial charge >= 0.3 is 0 Å². The molecule has 21 heavy (non-hydrogen) atoms. The van der Waals surface area contributed by atoms with Crippen LogP contribution in [0.15, 0.2) is 30.7 Å². The van der Waals surface area contributed by atoms with Gasteiger partial charge in [0.2, 0.25) is 0 Å². The molecule has 3 rings (SSSR count). The molecule has 1 saturated carbocycles. The van der Waals surface area contributed by atoms with E-state index >= 15 is 0 Å². The first-order valence-corrected chi connectivity index (χ1v) is 8.08. The molecule has 2 heterocycles. The Morgan fingerprint density at radius 3 is 2.81 bits per heavy atom. The minimum absolute atomic E-state index is 0.475. The third-order valence-corrected chi connectivity index (χ3v) is 4.59. The summed E-state index contributed by atoms with van der Waals surface area (Å²) in [6.45, 7) is 5.25. The summed E-state index contributed by atoms with van der Waals surface area (Å²) in [5, 5.41) is 8.13. The Morgan fingerprint density at radius 2 is 2.14 bits per heavy atom. The molecule has 2 unspecified atom stereocenters. The zero-order chi connectivity index (χ0) is 14.8. The molecule has 1 N–H and O–H groups in total. The van der Waals surface area contributed by atoms with E-state index in [4.69, 9.17) is 0 Å². The van der Waals surface area contributed by atoms with E-state index in [0.717, 1.165) is 24.6 Å². The van der Waals surface area contributed by atoms with E-state index < -0.39 is 0 Å². The Balaban J connectivity index is 1.67. The van der Waals surface area contributed by atoms with Crippen molar-refractivity contribution in [3.63, 3.8) is 0 Å². The van der Waals surface area contributed by atoms with Gasteiger partial charge in [-0.05, 0) is 56.8 Å². The van der Waals surface area contributed by atoms with Gasteiger partial charge in [0.25, 0.3) is 0 Å². The maximum Gasteiger partial charge on any atom is 0.0821 e. The highest BCUT2D eigenvalue weighted by atomic mass is 15.3. The summed E-state index contributed by atoms with van der Waals surface area (Å²) in [6.07, 6.45) is 10.4. The molecule has 4 nitrogen and oxygen atoms in total. The number of rotatable bonds is 7. The average Bonchev–Trinajstić information content (AvgIpc) is 3.04. The highest BCUT2D eigenvalue weighted by Crippen LogP contribution is 2.40. The quantitative estimate of drug-likeness (QED) is 0.847. The number of hydrogen-bond acceptors (Lipinski definition) is 2. The topological polar surface area (TPSA) is 34.8 Å². The lowest BCUT2D eigenvalue weighted by molar-refractivity contribution is 0.472. The SMILES string of the molecule is CCC(C)n1ccc(Cn2ccc(C(NC)C3CC3)c2)n1. The van der Waals surface area contributed by atoms with Crippen LogP contribution in [-0.2, 0) is 6.54 Å². The normalized spacial score (nSPS) is 17.9. The van der Waals surface area contributed by atoms with Gasteiger partial charge in [-0.15, -0.1) is 0 Å². The molecule has 0 bridgehead atoms. The van der Waals surface area contributed by atoms with Crippen molar-refractivity contribution in [1.82, 2.24) is 19.7 Å². The molecule has 0 saturated heterocycles. The van der Waals surface area contributed by atoms with Gasteiger partial charge in [0.15, 0.2) is 0 Å². The fourth-order valence-electron chi connectivity index (χ4n) is 2.93. The van der Waals surface area contributed by atoms with Crippen LogP contribution < -0.4 is 5.32 Å². The first-order chi connectivity index (χ1) is 10.2. The second kappa shape index (κ2) is 6.06. The van der Waals surface area contributed by atoms with Gasteiger partial charge in [-0.25, -0.2) is 0 Å². The summed E-state index contributed by atoms with van der Waals surface area (Å²) in [7, 11) is 2.06. The molecule has 1 aliphatic carbocycles. The van der Waals surface area contributed by atoms with Crippen molar-refractivity contribution in [1.29, 1.82) is 0 Å². The molecule has 0 radical (unpaired) electrons. The Morgan fingerprint density at radius 1 is 1.33 bits per heavy atom. The van der Waals surface area contributed by atoms with Crippen LogP contribution in [0.2, 0.25) is 0 Å². The summed E-state index contributed by atoms with van der Waals surface area (Å²) in [4.78, 5) is 0. The predicted octanol–water partition coefficient (Wildman–Crippen LogP) is 3.37. The Bertz CT molecular complexity index is 579. The summed E-state index contributed by atoms with van der Waals surface area (Å²) >= 11 is 0. The fraction of sp³-hybridized carbons (Fsp3) is 0.588. The predicted molar refractivity (Wildman–Crippen MR) is 85.3 cm³/mol. The van der Waals surface area contributed by atoms with Gasteiger partial charge in [0.1, 0.15) is 0 Å². The zero-order valence-electron chi connectivity index (χ0n) is 13.3. The molecule has 0 spiro atoms. The van der Waals surface area contributed by atoms with Crippen molar-refractivity contribution in [2.24, 2.45) is 5.92 Å². The van der Waals surface area contributed by atoms with E-state index in [1.165, 1.54) is 18.4 Å². The van der Waals surface area contributed by atoms with Crippen LogP contribution in [-0.4, -0.2) is 21.4 Å². The first-order valence-electron chi connectivity index (χ1n) is 8.08. The third-order valence-electron chi connectivity index (χ3n) is 4.59. The van der Waals surface area contributed by atoms with Crippen molar-refractivity contribution in [2.75, 3.05) is 7.05 Å². The first kappa shape index (κ1) is 14.4. The minimum Gasteiger partial charge on any atom is -0.348 e. The highest BCUT2D eigenvalue weighted by Gasteiger charge is 2.31. The Labute approximate surface area is 127 Å². The van der Waals surface area contributed by atoms with Crippen molar-refractivity contribution < 1.29 is 0 Å². The summed E-state index contributed by atoms with van der Waals surface area (Å²) in [5.41, 5.74) is 2.53. The number of nitrogens with zero attached hydrogens (tertiary/aromatic N) is 3. The second-order valence-electron chi connectivity index (χ2n) is 6.27. The van der Waals surface area contributed by atoms with E-state index in [1.54, 1.807) is 0 Å². The maximum atomic E-state index is 4.68. The molecular formula is C17H26N4. The van der Waals surface area contributed by atoms with Gasteiger partial charge < -0.3 is 9.88 Å². The summed E-state index contributed by atoms with van der Waals surface area (Å²) in [6, 6.07) is 5.36. The molecule has 2 aromatic rings. The van der Waals surface area contributed by atoms with Gasteiger partial charge in [-0.1, -0.05) is 6.92 Å². The molecule has 0 amide bonds. The number of aromatic nitrogens is 3. The second-order valence-corrected chi connectivity index (χ2v) is 6.27. The molecule has 4 heteroatoms. The molecule has 2 aromatic heterocycles.